The predicted molar refractivity (Wildman–Crippen MR) is 102 cm³/mol. The van der Waals surface area contributed by atoms with Crippen molar-refractivity contribution in [1.82, 2.24) is 25.6 Å². The summed E-state index contributed by atoms with van der Waals surface area (Å²) in [4.78, 5) is 18.0. The standard InChI is InChI=1S/C19H18FN7O/c1-12-7-9-27(19-23-25-26-24-19)11-16(12)13-2-4-14(5-3-13)22-18(28)15-6-8-21-10-17(15)20/h2-6,8,10H,7,9,11H2,1H3,(H,22,28)(H,23,24,25,26). The zero-order valence-corrected chi connectivity index (χ0v) is 15.2. The van der Waals surface area contributed by atoms with Gasteiger partial charge in [0.1, 0.15) is 0 Å². The van der Waals surface area contributed by atoms with Gasteiger partial charge >= 0.3 is 0 Å². The number of benzene rings is 1. The number of anilines is 2. The first kappa shape index (κ1) is 17.8. The number of nitrogens with one attached hydrogen (secondary N) is 2. The molecule has 1 aliphatic heterocycles. The normalized spacial score (nSPS) is 14.3. The zero-order valence-electron chi connectivity index (χ0n) is 15.2. The maximum Gasteiger partial charge on any atom is 0.258 e. The summed E-state index contributed by atoms with van der Waals surface area (Å²) in [6, 6.07) is 8.85. The average Bonchev–Trinajstić information content (AvgIpc) is 3.24. The van der Waals surface area contributed by atoms with Crippen LogP contribution in [0.15, 0.2) is 48.3 Å². The van der Waals surface area contributed by atoms with Crippen LogP contribution in [0.2, 0.25) is 0 Å². The number of aromatic nitrogens is 5. The van der Waals surface area contributed by atoms with E-state index in [0.717, 1.165) is 24.7 Å². The largest absolute Gasteiger partial charge is 0.335 e. The monoisotopic (exact) mass is 379 g/mol. The number of carbonyl (C=O) groups excluding carboxylic acids is 1. The molecule has 28 heavy (non-hydrogen) atoms. The molecule has 9 heteroatoms. The molecule has 0 radical (unpaired) electrons. The Kier molecular flexibility index (Phi) is 4.79. The summed E-state index contributed by atoms with van der Waals surface area (Å²) in [5.74, 6) is -0.514. The van der Waals surface area contributed by atoms with Crippen LogP contribution >= 0.6 is 0 Å². The minimum Gasteiger partial charge on any atom is -0.335 e. The quantitative estimate of drug-likeness (QED) is 0.723. The Morgan fingerprint density at radius 1 is 1.25 bits per heavy atom. The molecule has 1 aliphatic rings. The highest BCUT2D eigenvalue weighted by Gasteiger charge is 2.20. The molecule has 0 fully saturated rings. The number of tetrazole rings is 1. The predicted octanol–water partition coefficient (Wildman–Crippen LogP) is 2.67. The summed E-state index contributed by atoms with van der Waals surface area (Å²) in [7, 11) is 0. The molecule has 3 heterocycles. The van der Waals surface area contributed by atoms with E-state index in [-0.39, 0.29) is 5.56 Å². The first-order valence-electron chi connectivity index (χ1n) is 8.80. The second-order valence-corrected chi connectivity index (χ2v) is 6.54. The second kappa shape index (κ2) is 7.55. The Hall–Kier alpha value is -3.62. The van der Waals surface area contributed by atoms with Gasteiger partial charge in [-0.3, -0.25) is 9.78 Å². The first-order valence-corrected chi connectivity index (χ1v) is 8.80. The van der Waals surface area contributed by atoms with Crippen LogP contribution in [0.5, 0.6) is 0 Å². The van der Waals surface area contributed by atoms with Gasteiger partial charge in [0.15, 0.2) is 5.82 Å². The van der Waals surface area contributed by atoms with Gasteiger partial charge in [0.25, 0.3) is 5.91 Å². The minimum atomic E-state index is -0.651. The molecule has 1 amide bonds. The molecule has 1 aromatic carbocycles. The van der Waals surface area contributed by atoms with Crippen LogP contribution in [-0.2, 0) is 0 Å². The molecule has 0 atom stereocenters. The Balaban J connectivity index is 1.50. The Labute approximate surface area is 160 Å². The molecule has 142 valence electrons. The zero-order chi connectivity index (χ0) is 19.5. The summed E-state index contributed by atoms with van der Waals surface area (Å²) in [6.45, 7) is 3.65. The number of H-pyrrole nitrogens is 1. The summed E-state index contributed by atoms with van der Waals surface area (Å²) < 4.78 is 13.7. The van der Waals surface area contributed by atoms with Gasteiger partial charge in [-0.15, -0.1) is 0 Å². The number of pyridine rings is 1. The number of hydrogen-bond acceptors (Lipinski definition) is 6. The van der Waals surface area contributed by atoms with Crippen LogP contribution < -0.4 is 10.2 Å². The van der Waals surface area contributed by atoms with Gasteiger partial charge in [-0.05, 0) is 53.1 Å². The van der Waals surface area contributed by atoms with Crippen molar-refractivity contribution in [2.75, 3.05) is 23.3 Å². The number of rotatable bonds is 4. The molecule has 0 saturated heterocycles. The van der Waals surface area contributed by atoms with E-state index in [1.165, 1.54) is 23.4 Å². The molecular formula is C19H18FN7O. The van der Waals surface area contributed by atoms with Crippen LogP contribution in [0.1, 0.15) is 29.3 Å². The fourth-order valence-electron chi connectivity index (χ4n) is 3.18. The molecule has 8 nitrogen and oxygen atoms in total. The summed E-state index contributed by atoms with van der Waals surface area (Å²) in [5, 5.41) is 16.8. The molecular weight excluding hydrogens is 361 g/mol. The summed E-state index contributed by atoms with van der Waals surface area (Å²) in [6.07, 6.45) is 3.32. The van der Waals surface area contributed by atoms with Crippen molar-refractivity contribution in [3.05, 3.63) is 65.2 Å². The molecule has 0 bridgehead atoms. The van der Waals surface area contributed by atoms with Gasteiger partial charge < -0.3 is 10.2 Å². The van der Waals surface area contributed by atoms with E-state index in [1.54, 1.807) is 0 Å². The smallest absolute Gasteiger partial charge is 0.258 e. The van der Waals surface area contributed by atoms with Gasteiger partial charge in [-0.25, -0.2) is 9.49 Å². The Morgan fingerprint density at radius 3 is 2.79 bits per heavy atom. The van der Waals surface area contributed by atoms with Crippen molar-refractivity contribution in [3.63, 3.8) is 0 Å². The number of carbonyl (C=O) groups is 1. The van der Waals surface area contributed by atoms with Crippen molar-refractivity contribution < 1.29 is 9.18 Å². The molecule has 0 saturated carbocycles. The highest BCUT2D eigenvalue weighted by atomic mass is 19.1. The van der Waals surface area contributed by atoms with Gasteiger partial charge in [0.05, 0.1) is 11.8 Å². The van der Waals surface area contributed by atoms with Crippen molar-refractivity contribution in [3.8, 4) is 0 Å². The van der Waals surface area contributed by atoms with Gasteiger partial charge in [-0.1, -0.05) is 22.8 Å². The van der Waals surface area contributed by atoms with Crippen molar-refractivity contribution >= 4 is 23.1 Å². The maximum absolute atomic E-state index is 13.7. The lowest BCUT2D eigenvalue weighted by Gasteiger charge is -2.29. The number of aromatic amines is 1. The fourth-order valence-corrected chi connectivity index (χ4v) is 3.18. The third-order valence-electron chi connectivity index (χ3n) is 4.76. The van der Waals surface area contributed by atoms with Gasteiger partial charge in [0.2, 0.25) is 5.95 Å². The van der Waals surface area contributed by atoms with E-state index in [2.05, 4.69) is 42.7 Å². The topological polar surface area (TPSA) is 99.7 Å². The molecule has 2 N–H and O–H groups in total. The highest BCUT2D eigenvalue weighted by molar-refractivity contribution is 6.04. The number of amides is 1. The molecule has 4 rings (SSSR count). The van der Waals surface area contributed by atoms with Crippen molar-refractivity contribution in [2.45, 2.75) is 13.3 Å². The minimum absolute atomic E-state index is 0.0405. The van der Waals surface area contributed by atoms with Gasteiger partial charge in [0, 0.05) is 25.0 Å². The van der Waals surface area contributed by atoms with Crippen LogP contribution in [0.4, 0.5) is 16.0 Å². The number of nitrogens with zero attached hydrogens (tertiary/aromatic N) is 5. The van der Waals surface area contributed by atoms with E-state index in [4.69, 9.17) is 0 Å². The van der Waals surface area contributed by atoms with Crippen LogP contribution in [0.3, 0.4) is 0 Å². The molecule has 0 unspecified atom stereocenters. The van der Waals surface area contributed by atoms with Gasteiger partial charge in [-0.2, -0.15) is 0 Å². The third-order valence-corrected chi connectivity index (χ3v) is 4.76. The Bertz CT molecular complexity index is 1020. The number of halogens is 1. The van der Waals surface area contributed by atoms with E-state index < -0.39 is 11.7 Å². The van der Waals surface area contributed by atoms with Crippen LogP contribution in [0, 0.1) is 5.82 Å². The molecule has 0 aliphatic carbocycles. The lowest BCUT2D eigenvalue weighted by Crippen LogP contribution is -2.31. The number of hydrogen-bond donors (Lipinski definition) is 2. The lowest BCUT2D eigenvalue weighted by molar-refractivity contribution is 0.102. The van der Waals surface area contributed by atoms with Crippen molar-refractivity contribution in [1.29, 1.82) is 0 Å². The molecule has 3 aromatic rings. The second-order valence-electron chi connectivity index (χ2n) is 6.54. The highest BCUT2D eigenvalue weighted by Crippen LogP contribution is 2.28. The van der Waals surface area contributed by atoms with E-state index in [0.29, 0.717) is 18.2 Å². The maximum atomic E-state index is 13.7. The van der Waals surface area contributed by atoms with E-state index in [1.807, 2.05) is 24.3 Å². The summed E-state index contributed by atoms with van der Waals surface area (Å²) >= 11 is 0. The van der Waals surface area contributed by atoms with Crippen LogP contribution in [-0.4, -0.2) is 44.6 Å². The Morgan fingerprint density at radius 2 is 2.07 bits per heavy atom. The average molecular weight is 379 g/mol. The summed E-state index contributed by atoms with van der Waals surface area (Å²) in [5.41, 5.74) is 4.11. The first-order chi connectivity index (χ1) is 13.6. The molecule has 2 aromatic heterocycles. The van der Waals surface area contributed by atoms with Crippen LogP contribution in [0.25, 0.3) is 5.57 Å². The van der Waals surface area contributed by atoms with Crippen molar-refractivity contribution in [2.24, 2.45) is 0 Å². The lowest BCUT2D eigenvalue weighted by atomic mass is 9.95. The van der Waals surface area contributed by atoms with E-state index >= 15 is 0 Å². The third kappa shape index (κ3) is 3.59. The van der Waals surface area contributed by atoms with E-state index in [9.17, 15) is 9.18 Å². The fraction of sp³-hybridized carbons (Fsp3) is 0.211. The molecule has 0 spiro atoms. The SMILES string of the molecule is CC1=C(c2ccc(NC(=O)c3ccncc3F)cc2)CN(c2nnn[nH]2)CC1.